The van der Waals surface area contributed by atoms with Crippen molar-refractivity contribution in [2.75, 3.05) is 0 Å². The summed E-state index contributed by atoms with van der Waals surface area (Å²) >= 11 is 5.66. The summed E-state index contributed by atoms with van der Waals surface area (Å²) in [6, 6.07) is 11.6. The van der Waals surface area contributed by atoms with E-state index in [2.05, 4.69) is 0 Å². The number of hydrogen-bond acceptors (Lipinski definition) is 1. The average Bonchev–Trinajstić information content (AvgIpc) is 2.42. The van der Waals surface area contributed by atoms with Crippen LogP contribution in [-0.4, -0.2) is 11.1 Å². The van der Waals surface area contributed by atoms with Crippen LogP contribution in [0.3, 0.4) is 0 Å². The predicted octanol–water partition coefficient (Wildman–Crippen LogP) is 4.51. The Morgan fingerprint density at radius 3 is 2.40 bits per heavy atom. The van der Waals surface area contributed by atoms with Gasteiger partial charge in [0.15, 0.2) is 0 Å². The van der Waals surface area contributed by atoms with Crippen molar-refractivity contribution in [3.63, 3.8) is 0 Å². The number of hydrogen-bond donors (Lipinski definition) is 1. The summed E-state index contributed by atoms with van der Waals surface area (Å²) in [5.41, 5.74) is 1.08. The number of aliphatic carboxylic acids is 1. The third kappa shape index (κ3) is 2.68. The Labute approximate surface area is 121 Å². The second-order valence-electron chi connectivity index (χ2n) is 5.14. The van der Waals surface area contributed by atoms with E-state index in [-0.39, 0.29) is 5.02 Å². The Morgan fingerprint density at radius 2 is 1.80 bits per heavy atom. The summed E-state index contributed by atoms with van der Waals surface area (Å²) in [7, 11) is 0. The van der Waals surface area contributed by atoms with Gasteiger partial charge in [-0.05, 0) is 42.7 Å². The van der Waals surface area contributed by atoms with Gasteiger partial charge in [0.25, 0.3) is 0 Å². The standard InChI is InChI=1S/C16H14ClFO2/c1-16(2,15(19)20)12-5-3-4-10(8-12)11-6-7-13(17)14(18)9-11/h3-9H,1-2H3,(H,19,20). The van der Waals surface area contributed by atoms with Crippen LogP contribution in [0.15, 0.2) is 42.5 Å². The third-order valence-electron chi connectivity index (χ3n) is 3.37. The fourth-order valence-electron chi connectivity index (χ4n) is 1.89. The number of rotatable bonds is 3. The van der Waals surface area contributed by atoms with E-state index in [1.807, 2.05) is 6.07 Å². The van der Waals surface area contributed by atoms with E-state index in [0.717, 1.165) is 5.56 Å². The van der Waals surface area contributed by atoms with Crippen LogP contribution in [0.25, 0.3) is 11.1 Å². The zero-order chi connectivity index (χ0) is 14.9. The van der Waals surface area contributed by atoms with Crippen LogP contribution in [0.4, 0.5) is 4.39 Å². The van der Waals surface area contributed by atoms with E-state index in [1.54, 1.807) is 38.1 Å². The van der Waals surface area contributed by atoms with Crippen molar-refractivity contribution >= 4 is 17.6 Å². The molecule has 2 nitrogen and oxygen atoms in total. The number of benzene rings is 2. The van der Waals surface area contributed by atoms with Gasteiger partial charge in [0.1, 0.15) is 5.82 Å². The topological polar surface area (TPSA) is 37.3 Å². The molecular formula is C16H14ClFO2. The fraction of sp³-hybridized carbons (Fsp3) is 0.188. The minimum atomic E-state index is -0.999. The molecule has 0 heterocycles. The van der Waals surface area contributed by atoms with Crippen molar-refractivity contribution in [2.24, 2.45) is 0 Å². The summed E-state index contributed by atoms with van der Waals surface area (Å²) in [4.78, 5) is 11.3. The van der Waals surface area contributed by atoms with E-state index in [9.17, 15) is 14.3 Å². The Balaban J connectivity index is 2.49. The summed E-state index contributed by atoms with van der Waals surface area (Å²) in [5, 5.41) is 9.32. The average molecular weight is 293 g/mol. The maximum Gasteiger partial charge on any atom is 0.313 e. The van der Waals surface area contributed by atoms with Gasteiger partial charge in [0, 0.05) is 0 Å². The number of carboxylic acid groups (broad SMARTS) is 1. The van der Waals surface area contributed by atoms with Gasteiger partial charge in [-0.25, -0.2) is 4.39 Å². The SMILES string of the molecule is CC(C)(C(=O)O)c1cccc(-c2ccc(Cl)c(F)c2)c1. The van der Waals surface area contributed by atoms with Gasteiger partial charge in [-0.2, -0.15) is 0 Å². The smallest absolute Gasteiger partial charge is 0.313 e. The lowest BCUT2D eigenvalue weighted by atomic mass is 9.83. The van der Waals surface area contributed by atoms with Crippen molar-refractivity contribution < 1.29 is 14.3 Å². The maximum atomic E-state index is 13.5. The fourth-order valence-corrected chi connectivity index (χ4v) is 2.00. The molecule has 0 saturated carbocycles. The molecule has 2 aromatic carbocycles. The van der Waals surface area contributed by atoms with Gasteiger partial charge in [0.05, 0.1) is 10.4 Å². The lowest BCUT2D eigenvalue weighted by molar-refractivity contribution is -0.142. The van der Waals surface area contributed by atoms with Crippen LogP contribution in [0.1, 0.15) is 19.4 Å². The molecule has 2 rings (SSSR count). The Bertz CT molecular complexity index is 665. The predicted molar refractivity (Wildman–Crippen MR) is 77.5 cm³/mol. The number of carbonyl (C=O) groups is 1. The molecule has 0 radical (unpaired) electrons. The maximum absolute atomic E-state index is 13.5. The van der Waals surface area contributed by atoms with Gasteiger partial charge < -0.3 is 5.11 Å². The van der Waals surface area contributed by atoms with Crippen LogP contribution in [0.2, 0.25) is 5.02 Å². The highest BCUT2D eigenvalue weighted by Gasteiger charge is 2.29. The molecule has 104 valence electrons. The first-order valence-electron chi connectivity index (χ1n) is 6.12. The number of halogens is 2. The second kappa shape index (κ2) is 5.25. The van der Waals surface area contributed by atoms with Crippen LogP contribution in [0.5, 0.6) is 0 Å². The molecule has 0 aliphatic carbocycles. The Kier molecular flexibility index (Phi) is 3.82. The van der Waals surface area contributed by atoms with Gasteiger partial charge in [-0.15, -0.1) is 0 Å². The molecule has 2 aromatic rings. The van der Waals surface area contributed by atoms with Crippen LogP contribution < -0.4 is 0 Å². The molecule has 0 aliphatic heterocycles. The minimum Gasteiger partial charge on any atom is -0.481 e. The molecule has 0 aliphatic rings. The molecule has 0 amide bonds. The molecule has 0 bridgehead atoms. The van der Waals surface area contributed by atoms with Gasteiger partial charge in [0.2, 0.25) is 0 Å². The normalized spacial score (nSPS) is 11.4. The molecule has 0 atom stereocenters. The van der Waals surface area contributed by atoms with E-state index in [0.29, 0.717) is 11.1 Å². The molecular weight excluding hydrogens is 279 g/mol. The Morgan fingerprint density at radius 1 is 1.15 bits per heavy atom. The molecule has 0 fully saturated rings. The first kappa shape index (κ1) is 14.5. The highest BCUT2D eigenvalue weighted by atomic mass is 35.5. The highest BCUT2D eigenvalue weighted by Crippen LogP contribution is 2.29. The van der Waals surface area contributed by atoms with Gasteiger partial charge in [-0.3, -0.25) is 4.79 Å². The molecule has 0 aromatic heterocycles. The highest BCUT2D eigenvalue weighted by molar-refractivity contribution is 6.30. The molecule has 0 spiro atoms. The van der Waals surface area contributed by atoms with Crippen molar-refractivity contribution in [1.82, 2.24) is 0 Å². The molecule has 4 heteroatoms. The summed E-state index contributed by atoms with van der Waals surface area (Å²) in [6.07, 6.45) is 0. The van der Waals surface area contributed by atoms with Crippen LogP contribution >= 0.6 is 11.6 Å². The number of carboxylic acids is 1. The van der Waals surface area contributed by atoms with E-state index in [4.69, 9.17) is 11.6 Å². The second-order valence-corrected chi connectivity index (χ2v) is 5.55. The van der Waals surface area contributed by atoms with Crippen molar-refractivity contribution in [2.45, 2.75) is 19.3 Å². The largest absolute Gasteiger partial charge is 0.481 e. The molecule has 0 saturated heterocycles. The van der Waals surface area contributed by atoms with Crippen molar-refractivity contribution in [3.05, 3.63) is 58.9 Å². The molecule has 20 heavy (non-hydrogen) atoms. The molecule has 0 unspecified atom stereocenters. The lowest BCUT2D eigenvalue weighted by Crippen LogP contribution is -2.28. The quantitative estimate of drug-likeness (QED) is 0.904. The summed E-state index contributed by atoms with van der Waals surface area (Å²) in [5.74, 6) is -1.40. The first-order valence-corrected chi connectivity index (χ1v) is 6.49. The first-order chi connectivity index (χ1) is 9.32. The monoisotopic (exact) mass is 292 g/mol. The van der Waals surface area contributed by atoms with Crippen LogP contribution in [-0.2, 0) is 10.2 Å². The summed E-state index contributed by atoms with van der Waals surface area (Å²) in [6.45, 7) is 3.27. The zero-order valence-corrected chi connectivity index (χ0v) is 11.9. The van der Waals surface area contributed by atoms with Crippen molar-refractivity contribution in [1.29, 1.82) is 0 Å². The van der Waals surface area contributed by atoms with E-state index < -0.39 is 17.2 Å². The third-order valence-corrected chi connectivity index (χ3v) is 3.68. The molecule has 1 N–H and O–H groups in total. The van der Waals surface area contributed by atoms with E-state index in [1.165, 1.54) is 12.1 Å². The zero-order valence-electron chi connectivity index (χ0n) is 11.2. The van der Waals surface area contributed by atoms with Crippen molar-refractivity contribution in [3.8, 4) is 11.1 Å². The van der Waals surface area contributed by atoms with Gasteiger partial charge in [-0.1, -0.05) is 41.9 Å². The van der Waals surface area contributed by atoms with E-state index >= 15 is 0 Å². The minimum absolute atomic E-state index is 0.0655. The Hall–Kier alpha value is -1.87. The lowest BCUT2D eigenvalue weighted by Gasteiger charge is -2.20. The van der Waals surface area contributed by atoms with Gasteiger partial charge >= 0.3 is 5.97 Å². The van der Waals surface area contributed by atoms with Crippen LogP contribution in [0, 0.1) is 5.82 Å². The summed E-state index contributed by atoms with van der Waals surface area (Å²) < 4.78 is 13.5.